The van der Waals surface area contributed by atoms with Crippen LogP contribution in [0.1, 0.15) is 43.6 Å². The Bertz CT molecular complexity index is 616. The summed E-state index contributed by atoms with van der Waals surface area (Å²) in [6.45, 7) is 11.0. The third kappa shape index (κ3) is 3.63. The lowest BCUT2D eigenvalue weighted by atomic mass is 10.1. The number of halogens is 1. The zero-order valence-electron chi connectivity index (χ0n) is 13.4. The van der Waals surface area contributed by atoms with E-state index in [4.69, 9.17) is 0 Å². The third-order valence-corrected chi connectivity index (χ3v) is 3.62. The van der Waals surface area contributed by atoms with E-state index >= 15 is 0 Å². The van der Waals surface area contributed by atoms with Crippen LogP contribution in [-0.4, -0.2) is 16.1 Å². The first-order valence-electron chi connectivity index (χ1n) is 7.44. The van der Waals surface area contributed by atoms with Crippen LogP contribution in [0.4, 0.5) is 10.3 Å². The summed E-state index contributed by atoms with van der Waals surface area (Å²) in [5.41, 5.74) is 2.58. The molecule has 4 heteroatoms. The maximum atomic E-state index is 13.8. The highest BCUT2D eigenvalue weighted by atomic mass is 19.1. The standard InChI is InChI=1S/C17H24FN3/c1-11(2)9-19-17-20-13(4)10-21(17)14(5)15-7-6-12(3)16(18)8-15/h6-8,10-11,14H,9H2,1-5H3,(H,19,20). The average Bonchev–Trinajstić information content (AvgIpc) is 2.80. The van der Waals surface area contributed by atoms with Crippen molar-refractivity contribution in [3.8, 4) is 0 Å². The molecule has 2 aromatic rings. The zero-order valence-corrected chi connectivity index (χ0v) is 13.4. The smallest absolute Gasteiger partial charge is 0.203 e. The summed E-state index contributed by atoms with van der Waals surface area (Å²) in [4.78, 5) is 4.53. The molecule has 1 aromatic carbocycles. The number of benzene rings is 1. The molecule has 0 aliphatic rings. The maximum Gasteiger partial charge on any atom is 0.203 e. The van der Waals surface area contributed by atoms with Crippen molar-refractivity contribution in [1.82, 2.24) is 9.55 Å². The van der Waals surface area contributed by atoms with Gasteiger partial charge in [0.1, 0.15) is 5.82 Å². The lowest BCUT2D eigenvalue weighted by molar-refractivity contribution is 0.597. The Labute approximate surface area is 126 Å². The fraction of sp³-hybridized carbons (Fsp3) is 0.471. The first kappa shape index (κ1) is 15.5. The molecule has 0 aliphatic heterocycles. The van der Waals surface area contributed by atoms with E-state index in [0.29, 0.717) is 11.5 Å². The van der Waals surface area contributed by atoms with Crippen LogP contribution in [0, 0.1) is 25.6 Å². The fourth-order valence-electron chi connectivity index (χ4n) is 2.27. The molecule has 2 rings (SSSR count). The lowest BCUT2D eigenvalue weighted by Crippen LogP contribution is -2.15. The number of nitrogens with one attached hydrogen (secondary N) is 1. The number of hydrogen-bond donors (Lipinski definition) is 1. The summed E-state index contributed by atoms with van der Waals surface area (Å²) in [7, 11) is 0. The normalized spacial score (nSPS) is 12.7. The van der Waals surface area contributed by atoms with Crippen LogP contribution in [0.3, 0.4) is 0 Å². The zero-order chi connectivity index (χ0) is 15.6. The van der Waals surface area contributed by atoms with Crippen molar-refractivity contribution >= 4 is 5.95 Å². The van der Waals surface area contributed by atoms with Gasteiger partial charge in [-0.15, -0.1) is 0 Å². The number of aromatic nitrogens is 2. The van der Waals surface area contributed by atoms with Gasteiger partial charge in [0, 0.05) is 12.7 Å². The van der Waals surface area contributed by atoms with E-state index in [1.807, 2.05) is 25.3 Å². The Morgan fingerprint density at radius 2 is 1.95 bits per heavy atom. The van der Waals surface area contributed by atoms with Crippen molar-refractivity contribution in [3.63, 3.8) is 0 Å². The molecule has 0 fully saturated rings. The Morgan fingerprint density at radius 1 is 1.24 bits per heavy atom. The van der Waals surface area contributed by atoms with Crippen LogP contribution in [0.25, 0.3) is 0 Å². The highest BCUT2D eigenvalue weighted by Crippen LogP contribution is 2.24. The van der Waals surface area contributed by atoms with Gasteiger partial charge in [0.2, 0.25) is 5.95 Å². The Balaban J connectivity index is 2.29. The molecule has 1 atom stereocenters. The Morgan fingerprint density at radius 3 is 2.57 bits per heavy atom. The number of anilines is 1. The van der Waals surface area contributed by atoms with E-state index in [1.165, 1.54) is 0 Å². The maximum absolute atomic E-state index is 13.8. The number of nitrogens with zero attached hydrogens (tertiary/aromatic N) is 2. The van der Waals surface area contributed by atoms with Gasteiger partial charge in [0.05, 0.1) is 11.7 Å². The molecule has 1 N–H and O–H groups in total. The second-order valence-electron chi connectivity index (χ2n) is 6.07. The molecular weight excluding hydrogens is 265 g/mol. The second-order valence-corrected chi connectivity index (χ2v) is 6.07. The fourth-order valence-corrected chi connectivity index (χ4v) is 2.27. The Kier molecular flexibility index (Phi) is 4.66. The minimum absolute atomic E-state index is 0.0379. The largest absolute Gasteiger partial charge is 0.355 e. The van der Waals surface area contributed by atoms with Crippen LogP contribution in [0.15, 0.2) is 24.4 Å². The molecule has 0 radical (unpaired) electrons. The van der Waals surface area contributed by atoms with Gasteiger partial charge in [-0.25, -0.2) is 9.37 Å². The predicted molar refractivity (Wildman–Crippen MR) is 85.2 cm³/mol. The molecule has 3 nitrogen and oxygen atoms in total. The second kappa shape index (κ2) is 6.29. The van der Waals surface area contributed by atoms with E-state index in [1.54, 1.807) is 13.0 Å². The van der Waals surface area contributed by atoms with E-state index < -0.39 is 0 Å². The number of hydrogen-bond acceptors (Lipinski definition) is 2. The topological polar surface area (TPSA) is 29.9 Å². The molecule has 1 aromatic heterocycles. The Hall–Kier alpha value is -1.84. The monoisotopic (exact) mass is 289 g/mol. The van der Waals surface area contributed by atoms with Gasteiger partial charge in [-0.05, 0) is 43.9 Å². The molecule has 1 unspecified atom stereocenters. The first-order chi connectivity index (χ1) is 9.88. The summed E-state index contributed by atoms with van der Waals surface area (Å²) < 4.78 is 15.8. The highest BCUT2D eigenvalue weighted by molar-refractivity contribution is 5.34. The summed E-state index contributed by atoms with van der Waals surface area (Å²) in [5.74, 6) is 1.23. The van der Waals surface area contributed by atoms with Crippen LogP contribution in [-0.2, 0) is 0 Å². The van der Waals surface area contributed by atoms with Crippen molar-refractivity contribution in [2.45, 2.75) is 40.7 Å². The lowest BCUT2D eigenvalue weighted by Gasteiger charge is -2.18. The van der Waals surface area contributed by atoms with Gasteiger partial charge in [-0.3, -0.25) is 0 Å². The summed E-state index contributed by atoms with van der Waals surface area (Å²) in [5, 5.41) is 3.37. The molecule has 114 valence electrons. The molecule has 21 heavy (non-hydrogen) atoms. The van der Waals surface area contributed by atoms with Crippen LogP contribution >= 0.6 is 0 Å². The van der Waals surface area contributed by atoms with Crippen LogP contribution < -0.4 is 5.32 Å². The number of rotatable bonds is 5. The summed E-state index contributed by atoms with van der Waals surface area (Å²) >= 11 is 0. The van der Waals surface area contributed by atoms with Crippen molar-refractivity contribution in [2.75, 3.05) is 11.9 Å². The summed E-state index contributed by atoms with van der Waals surface area (Å²) in [6, 6.07) is 5.45. The number of aryl methyl sites for hydroxylation is 2. The van der Waals surface area contributed by atoms with E-state index in [0.717, 1.165) is 23.8 Å². The first-order valence-corrected chi connectivity index (χ1v) is 7.44. The minimum atomic E-state index is -0.159. The van der Waals surface area contributed by atoms with E-state index in [-0.39, 0.29) is 11.9 Å². The van der Waals surface area contributed by atoms with E-state index in [9.17, 15) is 4.39 Å². The molecule has 0 saturated carbocycles. The van der Waals surface area contributed by atoms with Crippen molar-refractivity contribution in [3.05, 3.63) is 47.0 Å². The van der Waals surface area contributed by atoms with Crippen molar-refractivity contribution < 1.29 is 4.39 Å². The molecule has 0 aliphatic carbocycles. The van der Waals surface area contributed by atoms with Crippen LogP contribution in [0.2, 0.25) is 0 Å². The molecule has 1 heterocycles. The highest BCUT2D eigenvalue weighted by Gasteiger charge is 2.15. The van der Waals surface area contributed by atoms with Gasteiger partial charge < -0.3 is 9.88 Å². The molecule has 0 saturated heterocycles. The third-order valence-electron chi connectivity index (χ3n) is 3.62. The van der Waals surface area contributed by atoms with Gasteiger partial charge in [0.15, 0.2) is 0 Å². The molecule has 0 bridgehead atoms. The van der Waals surface area contributed by atoms with Gasteiger partial charge in [-0.2, -0.15) is 0 Å². The minimum Gasteiger partial charge on any atom is -0.355 e. The molecular formula is C17H24FN3. The van der Waals surface area contributed by atoms with Gasteiger partial charge >= 0.3 is 0 Å². The van der Waals surface area contributed by atoms with Crippen molar-refractivity contribution in [1.29, 1.82) is 0 Å². The van der Waals surface area contributed by atoms with Crippen molar-refractivity contribution in [2.24, 2.45) is 5.92 Å². The summed E-state index contributed by atoms with van der Waals surface area (Å²) in [6.07, 6.45) is 2.01. The SMILES string of the molecule is Cc1cn(C(C)c2ccc(C)c(F)c2)c(NCC(C)C)n1. The quantitative estimate of drug-likeness (QED) is 0.888. The van der Waals surface area contributed by atoms with Crippen LogP contribution in [0.5, 0.6) is 0 Å². The van der Waals surface area contributed by atoms with Gasteiger partial charge in [0.25, 0.3) is 0 Å². The molecule has 0 spiro atoms. The average molecular weight is 289 g/mol. The molecule has 0 amide bonds. The number of imidazole rings is 1. The predicted octanol–water partition coefficient (Wildman–Crippen LogP) is 4.32. The van der Waals surface area contributed by atoms with E-state index in [2.05, 4.69) is 35.6 Å². The van der Waals surface area contributed by atoms with Gasteiger partial charge in [-0.1, -0.05) is 26.0 Å².